The Labute approximate surface area is 125 Å². The van der Waals surface area contributed by atoms with E-state index in [0.29, 0.717) is 6.04 Å². The first-order valence-corrected chi connectivity index (χ1v) is 7.42. The topological polar surface area (TPSA) is 61.4 Å². The van der Waals surface area contributed by atoms with E-state index in [1.807, 2.05) is 42.3 Å². The molecule has 0 radical (unpaired) electrons. The van der Waals surface area contributed by atoms with Crippen molar-refractivity contribution in [3.63, 3.8) is 0 Å². The fourth-order valence-electron chi connectivity index (χ4n) is 2.62. The van der Waals surface area contributed by atoms with Gasteiger partial charge in [0, 0.05) is 12.6 Å². The minimum absolute atomic E-state index is 0.237. The number of rotatable bonds is 6. The summed E-state index contributed by atoms with van der Waals surface area (Å²) in [5, 5.41) is 5.84. The van der Waals surface area contributed by atoms with Crippen LogP contribution in [0.2, 0.25) is 0 Å². The second-order valence-corrected chi connectivity index (χ2v) is 5.62. The Morgan fingerprint density at radius 1 is 1.29 bits per heavy atom. The molecule has 1 saturated heterocycles. The number of carbonyl (C=O) groups excluding carboxylic acids is 2. The molecule has 1 aliphatic rings. The van der Waals surface area contributed by atoms with Gasteiger partial charge >= 0.3 is 0 Å². The lowest BCUT2D eigenvalue weighted by molar-refractivity contribution is -0.130. The molecule has 1 unspecified atom stereocenters. The molecule has 1 heterocycles. The van der Waals surface area contributed by atoms with Crippen LogP contribution in [-0.4, -0.2) is 49.4 Å². The minimum Gasteiger partial charge on any atom is -0.313 e. The number of nitrogens with zero attached hydrogens (tertiary/aromatic N) is 1. The van der Waals surface area contributed by atoms with E-state index in [9.17, 15) is 9.59 Å². The summed E-state index contributed by atoms with van der Waals surface area (Å²) in [5.41, 5.74) is 0.909. The van der Waals surface area contributed by atoms with Crippen LogP contribution in [0.4, 0.5) is 0 Å². The second kappa shape index (κ2) is 7.90. The number of imide groups is 1. The van der Waals surface area contributed by atoms with Crippen LogP contribution in [0.5, 0.6) is 0 Å². The molecule has 1 fully saturated rings. The van der Waals surface area contributed by atoms with Crippen LogP contribution in [0.25, 0.3) is 0 Å². The predicted molar refractivity (Wildman–Crippen MR) is 81.8 cm³/mol. The molecule has 1 aromatic rings. The van der Waals surface area contributed by atoms with Crippen molar-refractivity contribution in [1.29, 1.82) is 0 Å². The highest BCUT2D eigenvalue weighted by atomic mass is 16.2. The normalized spacial score (nSPS) is 17.9. The Morgan fingerprint density at radius 3 is 2.71 bits per heavy atom. The minimum atomic E-state index is -0.251. The number of likely N-dealkylation sites (N-methyl/N-ethyl adjacent to an activating group) is 1. The number of hydrogen-bond acceptors (Lipinski definition) is 4. The van der Waals surface area contributed by atoms with Crippen molar-refractivity contribution >= 4 is 11.8 Å². The molecule has 1 aliphatic heterocycles. The predicted octanol–water partition coefficient (Wildman–Crippen LogP) is 0.556. The molecule has 2 amide bonds. The highest BCUT2D eigenvalue weighted by molar-refractivity contribution is 5.96. The van der Waals surface area contributed by atoms with E-state index in [2.05, 4.69) is 10.6 Å². The molecule has 1 atom stereocenters. The Hall–Kier alpha value is -1.72. The molecule has 5 nitrogen and oxygen atoms in total. The van der Waals surface area contributed by atoms with Crippen LogP contribution in [0.3, 0.4) is 0 Å². The number of amides is 2. The molecule has 2 N–H and O–H groups in total. The maximum absolute atomic E-state index is 11.8. The van der Waals surface area contributed by atoms with E-state index in [1.54, 1.807) is 0 Å². The van der Waals surface area contributed by atoms with Gasteiger partial charge in [-0.25, -0.2) is 0 Å². The first kappa shape index (κ1) is 15.7. The van der Waals surface area contributed by atoms with Crippen molar-refractivity contribution in [2.45, 2.75) is 25.3 Å². The summed E-state index contributed by atoms with van der Waals surface area (Å²) in [6.07, 6.45) is 2.58. The van der Waals surface area contributed by atoms with Gasteiger partial charge < -0.3 is 5.32 Å². The Kier molecular flexibility index (Phi) is 5.90. The molecule has 5 heteroatoms. The van der Waals surface area contributed by atoms with E-state index in [4.69, 9.17) is 0 Å². The van der Waals surface area contributed by atoms with E-state index < -0.39 is 0 Å². The third-order valence-electron chi connectivity index (χ3n) is 3.59. The smallest absolute Gasteiger partial charge is 0.240 e. The highest BCUT2D eigenvalue weighted by Gasteiger charge is 2.17. The standard InChI is InChI=1S/C16H23N3O2/c1-19(11-14-8-5-9-17-14)12-16(21)18-15(20)10-13-6-3-2-4-7-13/h2-4,6-7,14,17H,5,8-12H2,1H3,(H,18,20,21). The summed E-state index contributed by atoms with van der Waals surface area (Å²) in [5.74, 6) is -0.491. The SMILES string of the molecule is CN(CC(=O)NC(=O)Cc1ccccc1)CC1CCCN1. The molecule has 0 saturated carbocycles. The van der Waals surface area contributed by atoms with Crippen LogP contribution in [0.15, 0.2) is 30.3 Å². The Bertz CT molecular complexity index is 470. The van der Waals surface area contributed by atoms with Crippen molar-refractivity contribution in [3.8, 4) is 0 Å². The molecular weight excluding hydrogens is 266 g/mol. The van der Waals surface area contributed by atoms with Gasteiger partial charge in [0.25, 0.3) is 0 Å². The summed E-state index contributed by atoms with van der Waals surface area (Å²) in [6, 6.07) is 9.88. The zero-order valence-corrected chi connectivity index (χ0v) is 12.5. The van der Waals surface area contributed by atoms with Crippen molar-refractivity contribution in [2.75, 3.05) is 26.7 Å². The largest absolute Gasteiger partial charge is 0.313 e. The summed E-state index contributed by atoms with van der Waals surface area (Å²) in [4.78, 5) is 25.6. The molecule has 0 spiro atoms. The first-order chi connectivity index (χ1) is 10.1. The number of hydrogen-bond donors (Lipinski definition) is 2. The molecule has 114 valence electrons. The zero-order chi connectivity index (χ0) is 15.1. The van der Waals surface area contributed by atoms with Crippen LogP contribution in [0, 0.1) is 0 Å². The monoisotopic (exact) mass is 289 g/mol. The van der Waals surface area contributed by atoms with Gasteiger partial charge in [-0.15, -0.1) is 0 Å². The zero-order valence-electron chi connectivity index (χ0n) is 12.5. The van der Waals surface area contributed by atoms with Gasteiger partial charge in [-0.2, -0.15) is 0 Å². The summed E-state index contributed by atoms with van der Waals surface area (Å²) < 4.78 is 0. The third kappa shape index (κ3) is 5.65. The highest BCUT2D eigenvalue weighted by Crippen LogP contribution is 2.05. The summed E-state index contributed by atoms with van der Waals surface area (Å²) >= 11 is 0. The quantitative estimate of drug-likeness (QED) is 0.803. The fraction of sp³-hybridized carbons (Fsp3) is 0.500. The maximum Gasteiger partial charge on any atom is 0.240 e. The van der Waals surface area contributed by atoms with Gasteiger partial charge in [-0.3, -0.25) is 19.8 Å². The Balaban J connectivity index is 1.69. The lowest BCUT2D eigenvalue weighted by Gasteiger charge is -2.20. The molecule has 0 aliphatic carbocycles. The van der Waals surface area contributed by atoms with Gasteiger partial charge in [0.2, 0.25) is 11.8 Å². The van der Waals surface area contributed by atoms with Crippen LogP contribution in [-0.2, 0) is 16.0 Å². The fourth-order valence-corrected chi connectivity index (χ4v) is 2.62. The number of nitrogens with one attached hydrogen (secondary N) is 2. The maximum atomic E-state index is 11.8. The number of benzene rings is 1. The third-order valence-corrected chi connectivity index (χ3v) is 3.59. The second-order valence-electron chi connectivity index (χ2n) is 5.62. The molecule has 0 bridgehead atoms. The number of carbonyl (C=O) groups is 2. The first-order valence-electron chi connectivity index (χ1n) is 7.42. The summed E-state index contributed by atoms with van der Waals surface area (Å²) in [7, 11) is 1.90. The molecule has 2 rings (SSSR count). The molecule has 21 heavy (non-hydrogen) atoms. The van der Waals surface area contributed by atoms with Crippen molar-refractivity contribution in [1.82, 2.24) is 15.5 Å². The van der Waals surface area contributed by atoms with Gasteiger partial charge in [-0.1, -0.05) is 30.3 Å². The van der Waals surface area contributed by atoms with E-state index >= 15 is 0 Å². The van der Waals surface area contributed by atoms with Gasteiger partial charge in [-0.05, 0) is 32.0 Å². The van der Waals surface area contributed by atoms with Gasteiger partial charge in [0.05, 0.1) is 13.0 Å². The van der Waals surface area contributed by atoms with Crippen molar-refractivity contribution in [3.05, 3.63) is 35.9 Å². The van der Waals surface area contributed by atoms with Gasteiger partial charge in [0.1, 0.15) is 0 Å². The van der Waals surface area contributed by atoms with Gasteiger partial charge in [0.15, 0.2) is 0 Å². The van der Waals surface area contributed by atoms with Crippen LogP contribution in [0.1, 0.15) is 18.4 Å². The van der Waals surface area contributed by atoms with Crippen molar-refractivity contribution < 1.29 is 9.59 Å². The van der Waals surface area contributed by atoms with E-state index in [0.717, 1.165) is 25.1 Å². The van der Waals surface area contributed by atoms with Crippen LogP contribution >= 0.6 is 0 Å². The molecular formula is C16H23N3O2. The Morgan fingerprint density at radius 2 is 2.05 bits per heavy atom. The average Bonchev–Trinajstić information content (AvgIpc) is 2.91. The van der Waals surface area contributed by atoms with E-state index in [-0.39, 0.29) is 24.8 Å². The average molecular weight is 289 g/mol. The molecule has 0 aromatic heterocycles. The lowest BCUT2D eigenvalue weighted by Crippen LogP contribution is -2.43. The van der Waals surface area contributed by atoms with E-state index in [1.165, 1.54) is 6.42 Å². The lowest BCUT2D eigenvalue weighted by atomic mass is 10.1. The van der Waals surface area contributed by atoms with Crippen molar-refractivity contribution in [2.24, 2.45) is 0 Å². The summed E-state index contributed by atoms with van der Waals surface area (Å²) in [6.45, 7) is 2.14. The van der Waals surface area contributed by atoms with Crippen LogP contribution < -0.4 is 10.6 Å². The molecule has 1 aromatic carbocycles.